The summed E-state index contributed by atoms with van der Waals surface area (Å²) >= 11 is 0. The molecule has 8 nitrogen and oxygen atoms in total. The third-order valence-electron chi connectivity index (χ3n) is 6.61. The zero-order chi connectivity index (χ0) is 21.4. The van der Waals surface area contributed by atoms with Crippen molar-refractivity contribution in [2.24, 2.45) is 4.99 Å². The molecule has 2 aromatic heterocycles. The van der Waals surface area contributed by atoms with Crippen molar-refractivity contribution >= 4 is 29.9 Å². The number of H-pyrrole nitrogens is 1. The van der Waals surface area contributed by atoms with Gasteiger partial charge in [-0.1, -0.05) is 25.7 Å². The first-order valence-corrected chi connectivity index (χ1v) is 12.0. The minimum atomic E-state index is 0. The lowest BCUT2D eigenvalue weighted by molar-refractivity contribution is 0.0407. The number of nitrogens with zero attached hydrogens (tertiary/aromatic N) is 4. The van der Waals surface area contributed by atoms with Crippen molar-refractivity contribution in [2.75, 3.05) is 32.7 Å². The largest absolute Gasteiger partial charge is 0.461 e. The van der Waals surface area contributed by atoms with Gasteiger partial charge < -0.3 is 15.1 Å². The van der Waals surface area contributed by atoms with Gasteiger partial charge in [0, 0.05) is 25.0 Å². The fraction of sp³-hybridized carbons (Fsp3) is 0.696. The van der Waals surface area contributed by atoms with Crippen molar-refractivity contribution in [3.8, 4) is 11.6 Å². The highest BCUT2D eigenvalue weighted by Crippen LogP contribution is 2.35. The second-order valence-electron chi connectivity index (χ2n) is 8.79. The summed E-state index contributed by atoms with van der Waals surface area (Å²) in [6.45, 7) is 7.08. The number of piperidine rings is 1. The van der Waals surface area contributed by atoms with Crippen LogP contribution in [0.2, 0.25) is 0 Å². The maximum Gasteiger partial charge on any atom is 0.216 e. The van der Waals surface area contributed by atoms with E-state index >= 15 is 0 Å². The highest BCUT2D eigenvalue weighted by Gasteiger charge is 2.38. The molecule has 32 heavy (non-hydrogen) atoms. The highest BCUT2D eigenvalue weighted by atomic mass is 127. The lowest BCUT2D eigenvalue weighted by Crippen LogP contribution is -2.54. The van der Waals surface area contributed by atoms with Gasteiger partial charge in [0.25, 0.3) is 0 Å². The number of hydrogen-bond donors (Lipinski definition) is 3. The summed E-state index contributed by atoms with van der Waals surface area (Å²) in [6.07, 6.45) is 13.0. The molecule has 0 atom stereocenters. The van der Waals surface area contributed by atoms with Crippen LogP contribution in [0.5, 0.6) is 0 Å². The summed E-state index contributed by atoms with van der Waals surface area (Å²) in [5.74, 6) is 3.02. The predicted molar refractivity (Wildman–Crippen MR) is 138 cm³/mol. The van der Waals surface area contributed by atoms with Gasteiger partial charge in [-0.2, -0.15) is 5.10 Å². The molecule has 1 aliphatic heterocycles. The number of aromatic amines is 1. The maximum absolute atomic E-state index is 5.36. The van der Waals surface area contributed by atoms with Crippen LogP contribution in [0.4, 0.5) is 0 Å². The number of furan rings is 1. The normalized spacial score (nSPS) is 19.3. The van der Waals surface area contributed by atoms with E-state index in [0.717, 1.165) is 37.8 Å². The van der Waals surface area contributed by atoms with E-state index in [1.807, 2.05) is 12.1 Å². The van der Waals surface area contributed by atoms with Crippen LogP contribution in [0.3, 0.4) is 0 Å². The standard InChI is InChI=1S/C23H37N7O.HI/c1-2-24-22(25-14-11-20-27-21(29-28-20)19-10-9-17-31-19)26-18-23(12-5-3-6-13-23)30-15-7-4-8-16-30;/h9-10,17H,2-8,11-16,18H2,1H3,(H2,24,25,26)(H,27,28,29);1H. The second-order valence-corrected chi connectivity index (χ2v) is 8.79. The minimum absolute atomic E-state index is 0. The van der Waals surface area contributed by atoms with Crippen LogP contribution in [0, 0.1) is 0 Å². The fourth-order valence-electron chi connectivity index (χ4n) is 4.94. The first-order chi connectivity index (χ1) is 15.3. The third kappa shape index (κ3) is 6.46. The average Bonchev–Trinajstić information content (AvgIpc) is 3.51. The molecule has 0 radical (unpaired) electrons. The monoisotopic (exact) mass is 555 g/mol. The summed E-state index contributed by atoms with van der Waals surface area (Å²) in [4.78, 5) is 12.3. The van der Waals surface area contributed by atoms with Gasteiger partial charge in [-0.05, 0) is 57.8 Å². The molecule has 9 heteroatoms. The van der Waals surface area contributed by atoms with Gasteiger partial charge in [-0.3, -0.25) is 15.0 Å². The smallest absolute Gasteiger partial charge is 0.216 e. The van der Waals surface area contributed by atoms with Gasteiger partial charge >= 0.3 is 0 Å². The van der Waals surface area contributed by atoms with E-state index in [1.165, 1.54) is 64.5 Å². The van der Waals surface area contributed by atoms with Gasteiger partial charge in [-0.25, -0.2) is 4.98 Å². The number of guanidine groups is 1. The summed E-state index contributed by atoms with van der Waals surface area (Å²) in [5.41, 5.74) is 0.254. The number of hydrogen-bond acceptors (Lipinski definition) is 5. The van der Waals surface area contributed by atoms with Gasteiger partial charge in [0.1, 0.15) is 5.82 Å². The van der Waals surface area contributed by atoms with Gasteiger partial charge in [0.15, 0.2) is 11.7 Å². The Hall–Kier alpha value is -1.62. The minimum Gasteiger partial charge on any atom is -0.461 e. The number of nitrogens with one attached hydrogen (secondary N) is 3. The van der Waals surface area contributed by atoms with Gasteiger partial charge in [0.2, 0.25) is 5.82 Å². The zero-order valence-electron chi connectivity index (χ0n) is 19.2. The molecule has 1 saturated heterocycles. The average molecular weight is 556 g/mol. The molecular formula is C23H38IN7O. The number of aromatic nitrogens is 3. The van der Waals surface area contributed by atoms with Crippen LogP contribution in [0.15, 0.2) is 27.8 Å². The van der Waals surface area contributed by atoms with Crippen LogP contribution in [-0.2, 0) is 6.42 Å². The molecule has 0 aromatic carbocycles. The lowest BCUT2D eigenvalue weighted by Gasteiger charge is -2.47. The molecule has 0 bridgehead atoms. The second kappa shape index (κ2) is 12.6. The van der Waals surface area contributed by atoms with Crippen molar-refractivity contribution in [2.45, 2.75) is 70.3 Å². The summed E-state index contributed by atoms with van der Waals surface area (Å²) in [6, 6.07) is 3.71. The molecule has 0 spiro atoms. The highest BCUT2D eigenvalue weighted by molar-refractivity contribution is 14.0. The third-order valence-corrected chi connectivity index (χ3v) is 6.61. The van der Waals surface area contributed by atoms with Gasteiger partial charge in [-0.15, -0.1) is 24.0 Å². The molecule has 2 fully saturated rings. The molecule has 0 unspecified atom stereocenters. The van der Waals surface area contributed by atoms with Crippen LogP contribution >= 0.6 is 24.0 Å². The Morgan fingerprint density at radius 1 is 1.16 bits per heavy atom. The van der Waals surface area contributed by atoms with E-state index in [0.29, 0.717) is 11.6 Å². The quantitative estimate of drug-likeness (QED) is 0.259. The van der Waals surface area contributed by atoms with Crippen LogP contribution in [0.1, 0.15) is 64.1 Å². The number of rotatable bonds is 8. The van der Waals surface area contributed by atoms with Crippen LogP contribution in [-0.4, -0.2) is 64.3 Å². The van der Waals surface area contributed by atoms with E-state index in [9.17, 15) is 0 Å². The Morgan fingerprint density at radius 2 is 1.94 bits per heavy atom. The van der Waals surface area contributed by atoms with E-state index < -0.39 is 0 Å². The number of halogens is 1. The van der Waals surface area contributed by atoms with E-state index in [2.05, 4.69) is 37.6 Å². The molecule has 1 saturated carbocycles. The summed E-state index contributed by atoms with van der Waals surface area (Å²) < 4.78 is 5.36. The van der Waals surface area contributed by atoms with Crippen molar-refractivity contribution in [1.82, 2.24) is 30.7 Å². The molecule has 178 valence electrons. The fourth-order valence-corrected chi connectivity index (χ4v) is 4.94. The SMILES string of the molecule is CCNC(=NCC1(N2CCCCC2)CCCCC1)NCCc1nc(-c2ccco2)n[nH]1.I. The van der Waals surface area contributed by atoms with Crippen molar-refractivity contribution < 1.29 is 4.42 Å². The Bertz CT molecular complexity index is 808. The van der Waals surface area contributed by atoms with Crippen molar-refractivity contribution in [3.05, 3.63) is 24.2 Å². The Labute approximate surface area is 208 Å². The summed E-state index contributed by atoms with van der Waals surface area (Å²) in [5, 5.41) is 14.1. The Balaban J connectivity index is 0.00000289. The van der Waals surface area contributed by atoms with E-state index in [-0.39, 0.29) is 29.5 Å². The molecule has 3 heterocycles. The zero-order valence-corrected chi connectivity index (χ0v) is 21.6. The maximum atomic E-state index is 5.36. The topological polar surface area (TPSA) is 94.4 Å². The van der Waals surface area contributed by atoms with E-state index in [1.54, 1.807) is 6.26 Å². The molecule has 4 rings (SSSR count). The molecule has 2 aromatic rings. The van der Waals surface area contributed by atoms with E-state index in [4.69, 9.17) is 9.41 Å². The molecule has 2 aliphatic rings. The lowest BCUT2D eigenvalue weighted by atomic mass is 9.79. The van der Waals surface area contributed by atoms with Crippen LogP contribution < -0.4 is 10.6 Å². The number of likely N-dealkylation sites (tertiary alicyclic amines) is 1. The Morgan fingerprint density at radius 3 is 2.66 bits per heavy atom. The Kier molecular flexibility index (Phi) is 9.83. The van der Waals surface area contributed by atoms with Crippen molar-refractivity contribution in [1.29, 1.82) is 0 Å². The molecular weight excluding hydrogens is 517 g/mol. The number of aliphatic imine (C=N–C) groups is 1. The van der Waals surface area contributed by atoms with Gasteiger partial charge in [0.05, 0.1) is 12.8 Å². The first kappa shape index (κ1) is 25.0. The van der Waals surface area contributed by atoms with Crippen molar-refractivity contribution in [3.63, 3.8) is 0 Å². The molecule has 3 N–H and O–H groups in total. The molecule has 0 amide bonds. The summed E-state index contributed by atoms with van der Waals surface area (Å²) in [7, 11) is 0. The van der Waals surface area contributed by atoms with Crippen LogP contribution in [0.25, 0.3) is 11.6 Å². The predicted octanol–water partition coefficient (Wildman–Crippen LogP) is 3.97. The molecule has 1 aliphatic carbocycles. The first-order valence-electron chi connectivity index (χ1n) is 12.0.